The van der Waals surface area contributed by atoms with Gasteiger partial charge in [0.1, 0.15) is 5.82 Å². The molecule has 0 fully saturated rings. The number of rotatable bonds is 3. The molecule has 5 nitrogen and oxygen atoms in total. The normalized spacial score (nSPS) is 13.8. The molecule has 0 N–H and O–H groups in total. The molecule has 0 saturated carbocycles. The van der Waals surface area contributed by atoms with Crippen LogP contribution in [-0.2, 0) is 17.8 Å². The van der Waals surface area contributed by atoms with Crippen molar-refractivity contribution in [3.05, 3.63) is 67.9 Å². The van der Waals surface area contributed by atoms with Gasteiger partial charge in [-0.05, 0) is 30.2 Å². The van der Waals surface area contributed by atoms with Crippen molar-refractivity contribution < 1.29 is 14.1 Å². The van der Waals surface area contributed by atoms with E-state index >= 15 is 0 Å². The first kappa shape index (κ1) is 15.6. The maximum absolute atomic E-state index is 14.0. The largest absolute Gasteiger partial charge is 0.308 e. The SMILES string of the molecule is O=C1CCc2cc([N+](=O)[O-])ccc2N1Cc1ccc(Br)cc1F. The zero-order valence-electron chi connectivity index (χ0n) is 12.0. The van der Waals surface area contributed by atoms with Gasteiger partial charge in [0.2, 0.25) is 5.91 Å². The van der Waals surface area contributed by atoms with Crippen LogP contribution in [0.25, 0.3) is 0 Å². The van der Waals surface area contributed by atoms with Crippen molar-refractivity contribution in [1.82, 2.24) is 0 Å². The molecular formula is C16H12BrFN2O3. The van der Waals surface area contributed by atoms with E-state index in [0.29, 0.717) is 22.1 Å². The zero-order valence-corrected chi connectivity index (χ0v) is 13.5. The molecule has 1 heterocycles. The molecule has 0 bridgehead atoms. The van der Waals surface area contributed by atoms with Crippen LogP contribution in [0.15, 0.2) is 40.9 Å². The molecule has 0 spiro atoms. The van der Waals surface area contributed by atoms with E-state index in [1.807, 2.05) is 0 Å². The lowest BCUT2D eigenvalue weighted by molar-refractivity contribution is -0.384. The minimum atomic E-state index is -0.463. The fourth-order valence-electron chi connectivity index (χ4n) is 2.65. The second kappa shape index (κ2) is 6.08. The van der Waals surface area contributed by atoms with Gasteiger partial charge in [-0.1, -0.05) is 22.0 Å². The Balaban J connectivity index is 1.97. The summed E-state index contributed by atoms with van der Waals surface area (Å²) in [5.74, 6) is -0.519. The molecule has 1 amide bonds. The van der Waals surface area contributed by atoms with E-state index in [-0.39, 0.29) is 24.6 Å². The van der Waals surface area contributed by atoms with Gasteiger partial charge in [-0.15, -0.1) is 0 Å². The van der Waals surface area contributed by atoms with E-state index in [0.717, 1.165) is 5.56 Å². The van der Waals surface area contributed by atoms with E-state index in [9.17, 15) is 19.3 Å². The van der Waals surface area contributed by atoms with Crippen LogP contribution in [0.2, 0.25) is 0 Å². The molecule has 0 aromatic heterocycles. The Morgan fingerprint density at radius 1 is 1.22 bits per heavy atom. The molecule has 3 rings (SSSR count). The fraction of sp³-hybridized carbons (Fsp3) is 0.188. The number of nitrogens with zero attached hydrogens (tertiary/aromatic N) is 2. The summed E-state index contributed by atoms with van der Waals surface area (Å²) in [4.78, 5) is 24.1. The Kier molecular flexibility index (Phi) is 4.12. The van der Waals surface area contributed by atoms with E-state index in [4.69, 9.17) is 0 Å². The molecule has 23 heavy (non-hydrogen) atoms. The quantitative estimate of drug-likeness (QED) is 0.599. The average molecular weight is 379 g/mol. The van der Waals surface area contributed by atoms with Crippen LogP contribution < -0.4 is 4.90 Å². The van der Waals surface area contributed by atoms with Crippen LogP contribution in [-0.4, -0.2) is 10.8 Å². The Bertz CT molecular complexity index is 810. The number of hydrogen-bond donors (Lipinski definition) is 0. The third-order valence-corrected chi connectivity index (χ3v) is 4.31. The van der Waals surface area contributed by atoms with Crippen molar-refractivity contribution in [1.29, 1.82) is 0 Å². The summed E-state index contributed by atoms with van der Waals surface area (Å²) >= 11 is 3.20. The predicted octanol–water partition coefficient (Wildman–Crippen LogP) is 3.98. The second-order valence-corrected chi connectivity index (χ2v) is 6.20. The van der Waals surface area contributed by atoms with Gasteiger partial charge in [0.05, 0.1) is 11.5 Å². The van der Waals surface area contributed by atoms with Gasteiger partial charge >= 0.3 is 0 Å². The highest BCUT2D eigenvalue weighted by Gasteiger charge is 2.26. The summed E-state index contributed by atoms with van der Waals surface area (Å²) in [7, 11) is 0. The summed E-state index contributed by atoms with van der Waals surface area (Å²) in [5, 5.41) is 10.9. The molecule has 0 radical (unpaired) electrons. The molecule has 1 aliphatic rings. The lowest BCUT2D eigenvalue weighted by Crippen LogP contribution is -2.34. The topological polar surface area (TPSA) is 63.4 Å². The standard InChI is InChI=1S/C16H12BrFN2O3/c17-12-3-1-11(14(18)8-12)9-19-15-5-4-13(20(22)23)7-10(15)2-6-16(19)21/h1,3-5,7-8H,2,6,9H2. The Morgan fingerprint density at radius 3 is 2.70 bits per heavy atom. The molecule has 118 valence electrons. The van der Waals surface area contributed by atoms with E-state index in [1.54, 1.807) is 18.2 Å². The van der Waals surface area contributed by atoms with Crippen LogP contribution in [0.1, 0.15) is 17.5 Å². The number of nitro benzene ring substituents is 1. The summed E-state index contributed by atoms with van der Waals surface area (Å²) in [6, 6.07) is 9.08. The summed E-state index contributed by atoms with van der Waals surface area (Å²) in [5.41, 5.74) is 1.73. The highest BCUT2D eigenvalue weighted by Crippen LogP contribution is 2.32. The number of nitro groups is 1. The van der Waals surface area contributed by atoms with Crippen LogP contribution in [0.5, 0.6) is 0 Å². The molecule has 0 atom stereocenters. The van der Waals surface area contributed by atoms with Gasteiger partial charge in [-0.3, -0.25) is 14.9 Å². The molecule has 2 aromatic carbocycles. The Morgan fingerprint density at radius 2 is 2.00 bits per heavy atom. The summed E-state index contributed by atoms with van der Waals surface area (Å²) < 4.78 is 14.6. The number of aryl methyl sites for hydroxylation is 1. The zero-order chi connectivity index (χ0) is 16.6. The van der Waals surface area contributed by atoms with Crippen molar-refractivity contribution in [2.24, 2.45) is 0 Å². The predicted molar refractivity (Wildman–Crippen MR) is 86.7 cm³/mol. The maximum atomic E-state index is 14.0. The van der Waals surface area contributed by atoms with E-state index in [1.165, 1.54) is 23.1 Å². The molecule has 1 aliphatic heterocycles. The number of hydrogen-bond acceptors (Lipinski definition) is 3. The van der Waals surface area contributed by atoms with E-state index in [2.05, 4.69) is 15.9 Å². The summed E-state index contributed by atoms with van der Waals surface area (Å²) in [6.07, 6.45) is 0.710. The van der Waals surface area contributed by atoms with Gasteiger partial charge in [0.25, 0.3) is 5.69 Å². The monoisotopic (exact) mass is 378 g/mol. The molecule has 0 aliphatic carbocycles. The maximum Gasteiger partial charge on any atom is 0.269 e. The third kappa shape index (κ3) is 3.10. The minimum absolute atomic E-state index is 0.00660. The first-order chi connectivity index (χ1) is 11.0. The molecule has 0 saturated heterocycles. The van der Waals surface area contributed by atoms with Crippen molar-refractivity contribution >= 4 is 33.2 Å². The molecular weight excluding hydrogens is 367 g/mol. The number of carbonyl (C=O) groups is 1. The number of fused-ring (bicyclic) bond motifs is 1. The average Bonchev–Trinajstić information content (AvgIpc) is 2.51. The van der Waals surface area contributed by atoms with Crippen LogP contribution in [0.4, 0.5) is 15.8 Å². The smallest absolute Gasteiger partial charge is 0.269 e. The fourth-order valence-corrected chi connectivity index (χ4v) is 2.99. The van der Waals surface area contributed by atoms with Crippen LogP contribution in [0, 0.1) is 15.9 Å². The molecule has 2 aromatic rings. The van der Waals surface area contributed by atoms with Gasteiger partial charge in [-0.25, -0.2) is 4.39 Å². The highest BCUT2D eigenvalue weighted by atomic mass is 79.9. The van der Waals surface area contributed by atoms with Crippen molar-refractivity contribution in [3.63, 3.8) is 0 Å². The number of non-ortho nitro benzene ring substituents is 1. The van der Waals surface area contributed by atoms with Gasteiger partial charge in [-0.2, -0.15) is 0 Å². The number of amides is 1. The number of carbonyl (C=O) groups excluding carboxylic acids is 1. The number of benzene rings is 2. The molecule has 7 heteroatoms. The van der Waals surface area contributed by atoms with Crippen LogP contribution in [0.3, 0.4) is 0 Å². The lowest BCUT2D eigenvalue weighted by Gasteiger charge is -2.29. The summed E-state index contributed by atoms with van der Waals surface area (Å²) in [6.45, 7) is 0.1000. The minimum Gasteiger partial charge on any atom is -0.308 e. The Labute approximate surface area is 140 Å². The van der Waals surface area contributed by atoms with Crippen molar-refractivity contribution in [2.75, 3.05) is 4.90 Å². The van der Waals surface area contributed by atoms with Crippen molar-refractivity contribution in [2.45, 2.75) is 19.4 Å². The first-order valence-electron chi connectivity index (χ1n) is 6.97. The number of halogens is 2. The second-order valence-electron chi connectivity index (χ2n) is 5.29. The van der Waals surface area contributed by atoms with E-state index < -0.39 is 10.7 Å². The van der Waals surface area contributed by atoms with Gasteiger partial charge in [0.15, 0.2) is 0 Å². The van der Waals surface area contributed by atoms with Crippen molar-refractivity contribution in [3.8, 4) is 0 Å². The highest BCUT2D eigenvalue weighted by molar-refractivity contribution is 9.10. The third-order valence-electron chi connectivity index (χ3n) is 3.82. The lowest BCUT2D eigenvalue weighted by atomic mass is 9.99. The van der Waals surface area contributed by atoms with Gasteiger partial charge in [0, 0.05) is 34.3 Å². The van der Waals surface area contributed by atoms with Crippen LogP contribution >= 0.6 is 15.9 Å². The molecule has 0 unspecified atom stereocenters. The number of anilines is 1. The van der Waals surface area contributed by atoms with Gasteiger partial charge < -0.3 is 4.90 Å². The Hall–Kier alpha value is -2.28. The first-order valence-corrected chi connectivity index (χ1v) is 7.76.